The number of benzene rings is 1. The molecule has 4 aromatic rings. The minimum atomic E-state index is -4.56. The molecule has 13 heteroatoms. The molecule has 0 spiro atoms. The number of furan rings is 1. The fourth-order valence-electron chi connectivity index (χ4n) is 4.55. The monoisotopic (exact) mass is 559 g/mol. The van der Waals surface area contributed by atoms with E-state index in [0.29, 0.717) is 40.8 Å². The summed E-state index contributed by atoms with van der Waals surface area (Å²) >= 11 is 0. The molecule has 1 fully saturated rings. The molecule has 204 valence electrons. The topological polar surface area (TPSA) is 118 Å². The van der Waals surface area contributed by atoms with E-state index in [2.05, 4.69) is 20.3 Å². The predicted octanol–water partition coefficient (Wildman–Crippen LogP) is 4.55. The van der Waals surface area contributed by atoms with Crippen molar-refractivity contribution in [3.05, 3.63) is 72.4 Å². The van der Waals surface area contributed by atoms with E-state index in [0.717, 1.165) is 12.3 Å². The number of aromatic nitrogens is 3. The summed E-state index contributed by atoms with van der Waals surface area (Å²) in [6.07, 6.45) is -1.59. The van der Waals surface area contributed by atoms with Gasteiger partial charge in [-0.05, 0) is 51.0 Å². The van der Waals surface area contributed by atoms with Crippen molar-refractivity contribution in [2.24, 2.45) is 0 Å². The molecular formula is C26H24F3N5O4S. The third-order valence-electron chi connectivity index (χ3n) is 6.46. The molecule has 0 unspecified atom stereocenters. The third kappa shape index (κ3) is 5.11. The second kappa shape index (κ2) is 9.72. The van der Waals surface area contributed by atoms with E-state index in [-0.39, 0.29) is 11.6 Å². The van der Waals surface area contributed by atoms with Gasteiger partial charge >= 0.3 is 6.18 Å². The van der Waals surface area contributed by atoms with Gasteiger partial charge in [0.15, 0.2) is 0 Å². The van der Waals surface area contributed by atoms with Gasteiger partial charge in [-0.2, -0.15) is 17.5 Å². The highest BCUT2D eigenvalue weighted by atomic mass is 32.2. The zero-order valence-electron chi connectivity index (χ0n) is 20.9. The van der Waals surface area contributed by atoms with Gasteiger partial charge in [0.25, 0.3) is 10.0 Å². The maximum absolute atomic E-state index is 13.7. The van der Waals surface area contributed by atoms with Crippen LogP contribution in [0, 0.1) is 0 Å². The molecule has 0 saturated heterocycles. The highest BCUT2D eigenvalue weighted by Crippen LogP contribution is 2.46. The number of sulfonamides is 1. The van der Waals surface area contributed by atoms with Gasteiger partial charge in [-0.3, -0.25) is 9.78 Å². The number of nitrogens with zero attached hydrogens (tertiary/aromatic N) is 4. The van der Waals surface area contributed by atoms with Crippen LogP contribution in [0.25, 0.3) is 22.2 Å². The minimum Gasteiger partial charge on any atom is -0.443 e. The Morgan fingerprint density at radius 2 is 1.85 bits per heavy atom. The molecule has 1 amide bonds. The van der Waals surface area contributed by atoms with Gasteiger partial charge in [0, 0.05) is 29.3 Å². The number of hydrogen-bond donors (Lipinski definition) is 1. The summed E-state index contributed by atoms with van der Waals surface area (Å²) in [5, 5.41) is 3.17. The molecule has 3 aromatic heterocycles. The summed E-state index contributed by atoms with van der Waals surface area (Å²) in [6.45, 7) is 3.35. The Hall–Kier alpha value is -3.84. The number of carbonyl (C=O) groups is 1. The minimum absolute atomic E-state index is 0.0409. The molecule has 0 radical (unpaired) electrons. The first kappa shape index (κ1) is 26.8. The first-order chi connectivity index (χ1) is 18.4. The Morgan fingerprint density at radius 3 is 2.46 bits per heavy atom. The van der Waals surface area contributed by atoms with Gasteiger partial charge in [-0.1, -0.05) is 18.2 Å². The average molecular weight is 560 g/mol. The Balaban J connectivity index is 1.34. The fraction of sp³-hybridized carbons (Fsp3) is 0.308. The summed E-state index contributed by atoms with van der Waals surface area (Å²) in [4.78, 5) is 25.0. The second-order valence-electron chi connectivity index (χ2n) is 9.54. The Morgan fingerprint density at radius 1 is 1.10 bits per heavy atom. The van der Waals surface area contributed by atoms with Gasteiger partial charge in [-0.15, -0.1) is 0 Å². The Bertz CT molecular complexity index is 1600. The zero-order valence-corrected chi connectivity index (χ0v) is 21.8. The lowest BCUT2D eigenvalue weighted by molar-refractivity contribution is -0.141. The van der Waals surface area contributed by atoms with Gasteiger partial charge in [0.2, 0.25) is 11.0 Å². The lowest BCUT2D eigenvalue weighted by Gasteiger charge is -2.32. The molecule has 1 aliphatic carbocycles. The second-order valence-corrected chi connectivity index (χ2v) is 11.3. The average Bonchev–Trinajstić information content (AvgIpc) is 3.55. The van der Waals surface area contributed by atoms with Crippen LogP contribution in [-0.4, -0.2) is 45.2 Å². The van der Waals surface area contributed by atoms with Crippen LogP contribution in [0.3, 0.4) is 0 Å². The predicted molar refractivity (Wildman–Crippen MR) is 134 cm³/mol. The van der Waals surface area contributed by atoms with Crippen LogP contribution < -0.4 is 5.32 Å². The van der Waals surface area contributed by atoms with E-state index in [1.807, 2.05) is 0 Å². The molecule has 1 saturated carbocycles. The van der Waals surface area contributed by atoms with Crippen molar-refractivity contribution in [3.8, 4) is 11.3 Å². The molecule has 0 bridgehead atoms. The molecule has 39 heavy (non-hydrogen) atoms. The number of hydrogen-bond acceptors (Lipinski definition) is 7. The molecule has 1 aromatic carbocycles. The molecule has 9 nitrogen and oxygen atoms in total. The number of fused-ring (bicyclic) bond motifs is 1. The van der Waals surface area contributed by atoms with Gasteiger partial charge in [0.05, 0.1) is 17.9 Å². The number of halogens is 3. The maximum atomic E-state index is 13.7. The molecule has 1 N–H and O–H groups in total. The van der Waals surface area contributed by atoms with Crippen LogP contribution in [0.2, 0.25) is 0 Å². The first-order valence-corrected chi connectivity index (χ1v) is 13.5. The van der Waals surface area contributed by atoms with Crippen molar-refractivity contribution >= 4 is 26.9 Å². The van der Waals surface area contributed by atoms with E-state index in [4.69, 9.17) is 4.42 Å². The fourth-order valence-corrected chi connectivity index (χ4v) is 6.50. The Kier molecular flexibility index (Phi) is 6.67. The van der Waals surface area contributed by atoms with Crippen molar-refractivity contribution in [3.63, 3.8) is 0 Å². The van der Waals surface area contributed by atoms with Gasteiger partial charge in [0.1, 0.15) is 23.1 Å². The smallest absolute Gasteiger partial charge is 0.433 e. The van der Waals surface area contributed by atoms with Gasteiger partial charge < -0.3 is 9.73 Å². The number of alkyl halides is 3. The number of amides is 1. The molecular weight excluding hydrogens is 535 g/mol. The van der Waals surface area contributed by atoms with Crippen molar-refractivity contribution in [2.75, 3.05) is 0 Å². The largest absolute Gasteiger partial charge is 0.443 e. The van der Waals surface area contributed by atoms with Crippen LogP contribution >= 0.6 is 0 Å². The quantitative estimate of drug-likeness (QED) is 0.336. The van der Waals surface area contributed by atoms with Crippen molar-refractivity contribution in [1.82, 2.24) is 24.6 Å². The molecule has 5 rings (SSSR count). The van der Waals surface area contributed by atoms with E-state index < -0.39 is 39.4 Å². The number of pyridine rings is 1. The van der Waals surface area contributed by atoms with Crippen molar-refractivity contribution in [1.29, 1.82) is 0 Å². The summed E-state index contributed by atoms with van der Waals surface area (Å²) in [5.74, 6) is -0.479. The maximum Gasteiger partial charge on any atom is 0.433 e. The highest BCUT2D eigenvalue weighted by Gasteiger charge is 2.60. The number of para-hydroxylation sites is 1. The summed E-state index contributed by atoms with van der Waals surface area (Å²) in [6, 6.07) is 11.5. The summed E-state index contributed by atoms with van der Waals surface area (Å²) < 4.78 is 72.6. The Labute approximate surface area is 222 Å². The van der Waals surface area contributed by atoms with E-state index in [1.54, 1.807) is 38.1 Å². The third-order valence-corrected chi connectivity index (χ3v) is 8.46. The van der Waals surface area contributed by atoms with E-state index >= 15 is 0 Å². The molecule has 3 heterocycles. The SMILES string of the molecule is CC(C)N(C1(C(=O)NCc2cc(-c3ccc(C(F)(F)F)nc3)ncn2)CC1)S(=O)(=O)c1cc2ccccc2o1. The molecule has 1 aliphatic rings. The molecule has 0 aliphatic heterocycles. The standard InChI is InChI=1S/C26H24F3N5O4S/c1-16(2)34(39(36,37)23-11-17-5-3-4-6-21(17)38-23)25(9-10-25)24(35)31-14-19-12-20(33-15-32-19)18-7-8-22(30-13-18)26(27,28)29/h3-8,11-13,15-16H,9-10,14H2,1-2H3,(H,31,35). The van der Waals surface area contributed by atoms with Gasteiger partial charge in [-0.25, -0.2) is 18.4 Å². The molecule has 0 atom stereocenters. The number of carbonyl (C=O) groups excluding carboxylic acids is 1. The van der Waals surface area contributed by atoms with Crippen LogP contribution in [0.4, 0.5) is 13.2 Å². The normalized spacial score (nSPS) is 15.2. The van der Waals surface area contributed by atoms with Crippen LogP contribution in [-0.2, 0) is 27.5 Å². The van der Waals surface area contributed by atoms with Crippen molar-refractivity contribution in [2.45, 2.75) is 56.1 Å². The lowest BCUT2D eigenvalue weighted by Crippen LogP contribution is -2.54. The zero-order chi connectivity index (χ0) is 28.0. The van der Waals surface area contributed by atoms with Crippen LogP contribution in [0.1, 0.15) is 38.1 Å². The van der Waals surface area contributed by atoms with E-state index in [9.17, 15) is 26.4 Å². The van der Waals surface area contributed by atoms with Crippen LogP contribution in [0.5, 0.6) is 0 Å². The highest BCUT2D eigenvalue weighted by molar-refractivity contribution is 7.89. The summed E-state index contributed by atoms with van der Waals surface area (Å²) in [7, 11) is -4.15. The van der Waals surface area contributed by atoms with Crippen molar-refractivity contribution < 1.29 is 30.8 Å². The summed E-state index contributed by atoms with van der Waals surface area (Å²) in [5.41, 5.74) is -0.807. The first-order valence-electron chi connectivity index (χ1n) is 12.1. The van der Waals surface area contributed by atoms with Crippen LogP contribution in [0.15, 0.2) is 70.6 Å². The van der Waals surface area contributed by atoms with E-state index in [1.165, 1.54) is 28.8 Å². The number of rotatable bonds is 8. The lowest BCUT2D eigenvalue weighted by atomic mass is 10.1. The number of nitrogens with one attached hydrogen (secondary N) is 1.